The summed E-state index contributed by atoms with van der Waals surface area (Å²) in [5.41, 5.74) is -0.452. The van der Waals surface area contributed by atoms with Crippen molar-refractivity contribution in [2.75, 3.05) is 0 Å². The third-order valence-electron chi connectivity index (χ3n) is 2.77. The highest BCUT2D eigenvalue weighted by Crippen LogP contribution is 2.28. The maximum absolute atomic E-state index is 12.2. The number of aromatic nitrogens is 1. The molecule has 0 bridgehead atoms. The topological polar surface area (TPSA) is 85.1 Å². The Hall–Kier alpha value is -1.99. The molecule has 21 heavy (non-hydrogen) atoms. The average Bonchev–Trinajstić information content (AvgIpc) is 2.84. The fourth-order valence-corrected chi connectivity index (χ4v) is 2.81. The molecule has 6 nitrogen and oxygen atoms in total. The quantitative estimate of drug-likeness (QED) is 0.688. The van der Waals surface area contributed by atoms with Crippen LogP contribution in [0.2, 0.25) is 5.02 Å². The van der Waals surface area contributed by atoms with Gasteiger partial charge >= 0.3 is 5.69 Å². The first-order chi connectivity index (χ1) is 9.90. The van der Waals surface area contributed by atoms with Crippen LogP contribution in [0.15, 0.2) is 24.4 Å². The van der Waals surface area contributed by atoms with Gasteiger partial charge < -0.3 is 5.32 Å². The summed E-state index contributed by atoms with van der Waals surface area (Å²) in [4.78, 5) is 27.8. The number of nitrogens with one attached hydrogen (secondary N) is 1. The van der Waals surface area contributed by atoms with Gasteiger partial charge in [-0.05, 0) is 26.0 Å². The second-order valence-electron chi connectivity index (χ2n) is 4.40. The number of carbonyl (C=O) groups excluding carboxylic acids is 1. The average molecular weight is 326 g/mol. The van der Waals surface area contributed by atoms with E-state index in [9.17, 15) is 14.9 Å². The Morgan fingerprint density at radius 3 is 2.81 bits per heavy atom. The van der Waals surface area contributed by atoms with Crippen molar-refractivity contribution in [3.8, 4) is 0 Å². The van der Waals surface area contributed by atoms with E-state index in [1.165, 1.54) is 29.5 Å². The van der Waals surface area contributed by atoms with E-state index in [2.05, 4.69) is 10.3 Å². The van der Waals surface area contributed by atoms with Gasteiger partial charge in [0.25, 0.3) is 5.91 Å². The third kappa shape index (κ3) is 3.37. The number of nitro groups is 1. The number of para-hydroxylation sites is 1. The van der Waals surface area contributed by atoms with E-state index in [0.717, 1.165) is 9.88 Å². The Morgan fingerprint density at radius 2 is 2.24 bits per heavy atom. The van der Waals surface area contributed by atoms with E-state index in [4.69, 9.17) is 11.6 Å². The van der Waals surface area contributed by atoms with Crippen LogP contribution in [0.25, 0.3) is 0 Å². The van der Waals surface area contributed by atoms with Crippen molar-refractivity contribution in [1.82, 2.24) is 10.3 Å². The van der Waals surface area contributed by atoms with Crippen LogP contribution in [0.5, 0.6) is 0 Å². The van der Waals surface area contributed by atoms with E-state index in [1.807, 2.05) is 6.92 Å². The first-order valence-electron chi connectivity index (χ1n) is 6.06. The Kier molecular flexibility index (Phi) is 4.54. The highest BCUT2D eigenvalue weighted by molar-refractivity contribution is 7.11. The van der Waals surface area contributed by atoms with Crippen molar-refractivity contribution in [2.45, 2.75) is 19.9 Å². The first kappa shape index (κ1) is 15.4. The lowest BCUT2D eigenvalue weighted by atomic mass is 10.1. The lowest BCUT2D eigenvalue weighted by Gasteiger charge is -2.11. The molecule has 1 atom stereocenters. The summed E-state index contributed by atoms with van der Waals surface area (Å²) >= 11 is 7.25. The van der Waals surface area contributed by atoms with Crippen LogP contribution in [0, 0.1) is 17.0 Å². The van der Waals surface area contributed by atoms with Crippen molar-refractivity contribution >= 4 is 34.5 Å². The van der Waals surface area contributed by atoms with Crippen molar-refractivity contribution in [2.24, 2.45) is 0 Å². The molecule has 0 aliphatic heterocycles. The SMILES string of the molecule is Cc1cnc(C(C)NC(=O)c2cccc(Cl)c2[N+](=O)[O-])s1. The first-order valence-corrected chi connectivity index (χ1v) is 7.25. The number of amides is 1. The molecule has 0 fully saturated rings. The van der Waals surface area contributed by atoms with Gasteiger partial charge in [0.1, 0.15) is 15.6 Å². The van der Waals surface area contributed by atoms with Gasteiger partial charge in [0.05, 0.1) is 11.0 Å². The van der Waals surface area contributed by atoms with Gasteiger partial charge in [-0.25, -0.2) is 4.98 Å². The zero-order chi connectivity index (χ0) is 15.6. The summed E-state index contributed by atoms with van der Waals surface area (Å²) in [6.45, 7) is 3.68. The number of rotatable bonds is 4. The summed E-state index contributed by atoms with van der Waals surface area (Å²) in [7, 11) is 0. The van der Waals surface area contributed by atoms with E-state index in [1.54, 1.807) is 13.1 Å². The van der Waals surface area contributed by atoms with Crippen LogP contribution in [0.1, 0.15) is 33.2 Å². The Balaban J connectivity index is 2.25. The van der Waals surface area contributed by atoms with Gasteiger partial charge in [0, 0.05) is 11.1 Å². The molecule has 0 aliphatic rings. The number of hydrogen-bond donors (Lipinski definition) is 1. The van der Waals surface area contributed by atoms with Gasteiger partial charge in [-0.2, -0.15) is 0 Å². The zero-order valence-electron chi connectivity index (χ0n) is 11.3. The molecule has 1 amide bonds. The summed E-state index contributed by atoms with van der Waals surface area (Å²) in [5, 5.41) is 14.4. The maximum atomic E-state index is 12.2. The normalized spacial score (nSPS) is 12.0. The molecule has 0 saturated heterocycles. The smallest absolute Gasteiger partial charge is 0.300 e. The number of benzene rings is 1. The molecule has 1 aromatic carbocycles. The van der Waals surface area contributed by atoms with Gasteiger partial charge in [-0.15, -0.1) is 11.3 Å². The van der Waals surface area contributed by atoms with Crippen molar-refractivity contribution in [1.29, 1.82) is 0 Å². The number of aryl methyl sites for hydroxylation is 1. The Morgan fingerprint density at radius 1 is 1.52 bits per heavy atom. The fourth-order valence-electron chi connectivity index (χ4n) is 1.79. The Labute approximate surface area is 129 Å². The minimum atomic E-state index is -0.657. The number of hydrogen-bond acceptors (Lipinski definition) is 5. The molecule has 2 rings (SSSR count). The number of halogens is 1. The molecule has 8 heteroatoms. The van der Waals surface area contributed by atoms with Gasteiger partial charge in [-0.1, -0.05) is 17.7 Å². The molecular weight excluding hydrogens is 314 g/mol. The fraction of sp³-hybridized carbons (Fsp3) is 0.231. The van der Waals surface area contributed by atoms with E-state index < -0.39 is 10.8 Å². The van der Waals surface area contributed by atoms with Crippen molar-refractivity contribution in [3.05, 3.63) is 55.0 Å². The largest absolute Gasteiger partial charge is 0.343 e. The van der Waals surface area contributed by atoms with Crippen LogP contribution in [-0.2, 0) is 0 Å². The van der Waals surface area contributed by atoms with E-state index >= 15 is 0 Å². The Bertz CT molecular complexity index is 702. The van der Waals surface area contributed by atoms with Gasteiger partial charge in [-0.3, -0.25) is 14.9 Å². The maximum Gasteiger partial charge on any atom is 0.300 e. The molecule has 1 N–H and O–H groups in total. The van der Waals surface area contributed by atoms with Gasteiger partial charge in [0.2, 0.25) is 0 Å². The molecule has 1 aromatic heterocycles. The number of nitro benzene ring substituents is 1. The van der Waals surface area contributed by atoms with Crippen molar-refractivity contribution in [3.63, 3.8) is 0 Å². The third-order valence-corrected chi connectivity index (χ3v) is 4.17. The molecule has 1 heterocycles. The molecule has 2 aromatic rings. The lowest BCUT2D eigenvalue weighted by molar-refractivity contribution is -0.385. The van der Waals surface area contributed by atoms with Gasteiger partial charge in [0.15, 0.2) is 0 Å². The highest BCUT2D eigenvalue weighted by Gasteiger charge is 2.25. The summed E-state index contributed by atoms with van der Waals surface area (Å²) in [5.74, 6) is -0.551. The minimum Gasteiger partial charge on any atom is -0.343 e. The number of thiazole rings is 1. The monoisotopic (exact) mass is 325 g/mol. The lowest BCUT2D eigenvalue weighted by Crippen LogP contribution is -2.27. The second kappa shape index (κ2) is 6.19. The molecular formula is C13H12ClN3O3S. The molecule has 0 spiro atoms. The number of nitrogens with zero attached hydrogens (tertiary/aromatic N) is 2. The summed E-state index contributed by atoms with van der Waals surface area (Å²) < 4.78 is 0. The molecule has 0 aliphatic carbocycles. The van der Waals surface area contributed by atoms with E-state index in [0.29, 0.717) is 0 Å². The van der Waals surface area contributed by atoms with Crippen molar-refractivity contribution < 1.29 is 9.72 Å². The van der Waals surface area contributed by atoms with Crippen LogP contribution < -0.4 is 5.32 Å². The van der Waals surface area contributed by atoms with Crippen LogP contribution >= 0.6 is 22.9 Å². The predicted molar refractivity (Wildman–Crippen MR) is 80.8 cm³/mol. The second-order valence-corrected chi connectivity index (χ2v) is 6.07. The summed E-state index contributed by atoms with van der Waals surface area (Å²) in [6, 6.07) is 3.92. The van der Waals surface area contributed by atoms with Crippen LogP contribution in [-0.4, -0.2) is 15.8 Å². The minimum absolute atomic E-state index is 0.0624. The summed E-state index contributed by atoms with van der Waals surface area (Å²) in [6.07, 6.45) is 1.71. The number of carbonyl (C=O) groups is 1. The van der Waals surface area contributed by atoms with Crippen LogP contribution in [0.4, 0.5) is 5.69 Å². The zero-order valence-corrected chi connectivity index (χ0v) is 12.9. The highest BCUT2D eigenvalue weighted by atomic mass is 35.5. The standard InChI is InChI=1S/C13H12ClN3O3S/c1-7-6-15-13(21-7)8(2)16-12(18)9-4-3-5-10(14)11(9)17(19)20/h3-6,8H,1-2H3,(H,16,18). The van der Waals surface area contributed by atoms with E-state index in [-0.39, 0.29) is 22.3 Å². The van der Waals surface area contributed by atoms with Crippen LogP contribution in [0.3, 0.4) is 0 Å². The molecule has 1 unspecified atom stereocenters. The predicted octanol–water partition coefficient (Wildman–Crippen LogP) is 3.50. The molecule has 0 radical (unpaired) electrons. The molecule has 0 saturated carbocycles. The molecule has 110 valence electrons.